The number of nitriles is 1. The van der Waals surface area contributed by atoms with Gasteiger partial charge in [0.1, 0.15) is 0 Å². The Kier molecular flexibility index (Phi) is 4.47. The lowest BCUT2D eigenvalue weighted by Crippen LogP contribution is -2.51. The molecule has 29 heavy (non-hydrogen) atoms. The summed E-state index contributed by atoms with van der Waals surface area (Å²) in [5.74, 6) is -1.92. The fraction of sp³-hybridized carbons (Fsp3) is 0.273. The molecule has 6 nitrogen and oxygen atoms in total. The predicted octanol–water partition coefficient (Wildman–Crippen LogP) is 3.46. The largest absolute Gasteiger partial charge is 0.480 e. The van der Waals surface area contributed by atoms with Crippen molar-refractivity contribution in [2.24, 2.45) is 5.92 Å². The fourth-order valence-electron chi connectivity index (χ4n) is 4.32. The number of H-pyrrole nitrogens is 1. The van der Waals surface area contributed by atoms with E-state index in [0.717, 1.165) is 22.2 Å². The molecule has 0 fully saturated rings. The Morgan fingerprint density at radius 2 is 1.97 bits per heavy atom. The molecule has 3 aromatic rings. The number of aromatic nitrogens is 1. The van der Waals surface area contributed by atoms with Crippen LogP contribution in [0.4, 0.5) is 0 Å². The molecule has 1 aromatic heterocycles. The Bertz CT molecular complexity index is 1260. The summed E-state index contributed by atoms with van der Waals surface area (Å²) in [5, 5.41) is 20.1. The molecule has 0 spiro atoms. The molecule has 0 aliphatic heterocycles. The van der Waals surface area contributed by atoms with Crippen molar-refractivity contribution in [2.75, 3.05) is 0 Å². The summed E-state index contributed by atoms with van der Waals surface area (Å²) in [6, 6.07) is 15.3. The zero-order valence-electron chi connectivity index (χ0n) is 15.8. The van der Waals surface area contributed by atoms with E-state index in [0.29, 0.717) is 24.8 Å². The molecule has 2 aromatic carbocycles. The summed E-state index contributed by atoms with van der Waals surface area (Å²) >= 11 is 0. The lowest BCUT2D eigenvalue weighted by Gasteiger charge is -2.35. The van der Waals surface area contributed by atoms with Crippen LogP contribution in [0.3, 0.4) is 0 Å². The number of hydrogen-bond donors (Lipinski definition) is 2. The van der Waals surface area contributed by atoms with Crippen molar-refractivity contribution in [3.63, 3.8) is 0 Å². The number of fused-ring (bicyclic) bond motifs is 3. The minimum Gasteiger partial charge on any atom is -0.480 e. The van der Waals surface area contributed by atoms with Crippen molar-refractivity contribution < 1.29 is 18.3 Å². The first kappa shape index (κ1) is 19.2. The van der Waals surface area contributed by atoms with Crippen molar-refractivity contribution in [1.29, 1.82) is 5.26 Å². The molecule has 0 saturated carbocycles. The third-order valence-corrected chi connectivity index (χ3v) is 8.65. The van der Waals surface area contributed by atoms with E-state index in [-0.39, 0.29) is 4.90 Å². The summed E-state index contributed by atoms with van der Waals surface area (Å²) in [4.78, 5) is 15.6. The number of rotatable bonds is 4. The number of carboxylic acids is 1. The molecule has 2 unspecified atom stereocenters. The van der Waals surface area contributed by atoms with Crippen LogP contribution in [0.1, 0.15) is 30.2 Å². The van der Waals surface area contributed by atoms with E-state index in [1.165, 1.54) is 19.1 Å². The van der Waals surface area contributed by atoms with E-state index in [1.807, 2.05) is 12.1 Å². The average molecular weight is 408 g/mol. The monoisotopic (exact) mass is 408 g/mol. The average Bonchev–Trinajstić information content (AvgIpc) is 3.10. The molecule has 1 aliphatic rings. The maximum Gasteiger partial charge on any atom is 0.325 e. The lowest BCUT2D eigenvalue weighted by molar-refractivity contribution is -0.141. The first-order valence-corrected chi connectivity index (χ1v) is 10.8. The van der Waals surface area contributed by atoms with E-state index < -0.39 is 26.5 Å². The van der Waals surface area contributed by atoms with E-state index in [2.05, 4.69) is 11.1 Å². The van der Waals surface area contributed by atoms with Gasteiger partial charge in [0.25, 0.3) is 0 Å². The van der Waals surface area contributed by atoms with Crippen molar-refractivity contribution in [1.82, 2.24) is 4.98 Å². The van der Waals surface area contributed by atoms with Crippen molar-refractivity contribution in [3.05, 3.63) is 65.4 Å². The second-order valence-electron chi connectivity index (χ2n) is 7.62. The quantitative estimate of drug-likeness (QED) is 0.687. The highest BCUT2D eigenvalue weighted by Gasteiger charge is 2.54. The van der Waals surface area contributed by atoms with E-state index in [9.17, 15) is 18.3 Å². The highest BCUT2D eigenvalue weighted by atomic mass is 32.2. The number of nitrogens with one attached hydrogen (secondary N) is 1. The Morgan fingerprint density at radius 3 is 2.62 bits per heavy atom. The summed E-state index contributed by atoms with van der Waals surface area (Å²) < 4.78 is 24.7. The zero-order chi connectivity index (χ0) is 20.8. The van der Waals surface area contributed by atoms with Gasteiger partial charge in [0, 0.05) is 16.6 Å². The van der Waals surface area contributed by atoms with Gasteiger partial charge in [0.2, 0.25) is 0 Å². The third kappa shape index (κ3) is 2.83. The Labute approximate surface area is 168 Å². The smallest absolute Gasteiger partial charge is 0.325 e. The SMILES string of the molecule is CC(C(=O)O)(C1CCc2c([nH]c3ccc(C#N)cc23)C1)S(=O)(=O)c1ccccc1. The maximum absolute atomic E-state index is 13.3. The van der Waals surface area contributed by atoms with Crippen LogP contribution in [0.25, 0.3) is 10.9 Å². The highest BCUT2D eigenvalue weighted by molar-refractivity contribution is 7.93. The molecule has 0 amide bonds. The Balaban J connectivity index is 1.78. The third-order valence-electron chi connectivity index (χ3n) is 6.13. The number of sulfone groups is 1. The number of nitrogens with zero attached hydrogens (tertiary/aromatic N) is 1. The summed E-state index contributed by atoms with van der Waals surface area (Å²) in [7, 11) is -4.10. The second-order valence-corrected chi connectivity index (χ2v) is 9.95. The first-order valence-electron chi connectivity index (χ1n) is 9.35. The first-order chi connectivity index (χ1) is 13.8. The summed E-state index contributed by atoms with van der Waals surface area (Å²) in [6.07, 6.45) is 1.31. The molecule has 2 atom stereocenters. The van der Waals surface area contributed by atoms with Crippen LogP contribution in [0, 0.1) is 17.2 Å². The fourth-order valence-corrected chi connectivity index (χ4v) is 6.20. The molecule has 2 N–H and O–H groups in total. The molecule has 1 aliphatic carbocycles. The van der Waals surface area contributed by atoms with Crippen LogP contribution in [-0.2, 0) is 27.5 Å². The van der Waals surface area contributed by atoms with Gasteiger partial charge in [-0.3, -0.25) is 4.79 Å². The van der Waals surface area contributed by atoms with Crippen LogP contribution in [0.2, 0.25) is 0 Å². The number of benzene rings is 2. The van der Waals surface area contributed by atoms with Gasteiger partial charge in [0.05, 0.1) is 16.5 Å². The molecular formula is C22H20N2O4S. The number of carbonyl (C=O) groups is 1. The number of aromatic amines is 1. The minimum atomic E-state index is -4.10. The van der Waals surface area contributed by atoms with Gasteiger partial charge in [0.15, 0.2) is 14.6 Å². The number of aryl methyl sites for hydroxylation is 1. The standard InChI is InChI=1S/C22H20N2O4S/c1-22(21(25)26,29(27,28)16-5-3-2-4-6-16)15-8-9-17-18-11-14(13-23)7-10-19(18)24-20(17)12-15/h2-7,10-11,15,24H,8-9,12H2,1H3,(H,25,26). The van der Waals surface area contributed by atoms with E-state index in [1.54, 1.807) is 24.3 Å². The molecule has 148 valence electrons. The van der Waals surface area contributed by atoms with Crippen LogP contribution in [0.15, 0.2) is 53.4 Å². The zero-order valence-corrected chi connectivity index (χ0v) is 16.7. The van der Waals surface area contributed by atoms with Gasteiger partial charge >= 0.3 is 5.97 Å². The molecule has 0 bridgehead atoms. The van der Waals surface area contributed by atoms with Gasteiger partial charge in [-0.15, -0.1) is 0 Å². The molecule has 0 radical (unpaired) electrons. The van der Waals surface area contributed by atoms with Crippen LogP contribution < -0.4 is 0 Å². The predicted molar refractivity (Wildman–Crippen MR) is 108 cm³/mol. The van der Waals surface area contributed by atoms with Crippen molar-refractivity contribution in [3.8, 4) is 6.07 Å². The summed E-state index contributed by atoms with van der Waals surface area (Å²) in [5.41, 5.74) is 3.32. The molecule has 7 heteroatoms. The number of carboxylic acid groups (broad SMARTS) is 1. The van der Waals surface area contributed by atoms with Gasteiger partial charge in [-0.05, 0) is 68.0 Å². The summed E-state index contributed by atoms with van der Waals surface area (Å²) in [6.45, 7) is 1.32. The lowest BCUT2D eigenvalue weighted by atomic mass is 9.79. The van der Waals surface area contributed by atoms with Gasteiger partial charge < -0.3 is 10.1 Å². The molecule has 1 heterocycles. The maximum atomic E-state index is 13.3. The Hall–Kier alpha value is -3.11. The van der Waals surface area contributed by atoms with E-state index in [4.69, 9.17) is 5.26 Å². The van der Waals surface area contributed by atoms with Gasteiger partial charge in [-0.2, -0.15) is 5.26 Å². The second kappa shape index (κ2) is 6.75. The van der Waals surface area contributed by atoms with Crippen LogP contribution in [0.5, 0.6) is 0 Å². The molecular weight excluding hydrogens is 388 g/mol. The highest BCUT2D eigenvalue weighted by Crippen LogP contribution is 2.42. The topological polar surface area (TPSA) is 111 Å². The molecule has 0 saturated heterocycles. The van der Waals surface area contributed by atoms with E-state index >= 15 is 0 Å². The molecule has 4 rings (SSSR count). The van der Waals surface area contributed by atoms with Crippen LogP contribution >= 0.6 is 0 Å². The van der Waals surface area contributed by atoms with Gasteiger partial charge in [-0.25, -0.2) is 8.42 Å². The van der Waals surface area contributed by atoms with Crippen molar-refractivity contribution >= 4 is 26.7 Å². The van der Waals surface area contributed by atoms with Crippen molar-refractivity contribution in [2.45, 2.75) is 35.8 Å². The Morgan fingerprint density at radius 1 is 1.24 bits per heavy atom. The minimum absolute atomic E-state index is 0.0194. The van der Waals surface area contributed by atoms with Gasteiger partial charge in [-0.1, -0.05) is 18.2 Å². The number of aliphatic carboxylic acids is 1. The normalized spacial score (nSPS) is 18.6. The van der Waals surface area contributed by atoms with Crippen LogP contribution in [-0.4, -0.2) is 29.2 Å². The number of hydrogen-bond acceptors (Lipinski definition) is 4.